The molecule has 25 atom stereocenters. The highest BCUT2D eigenvalue weighted by Crippen LogP contribution is 2.35. The van der Waals surface area contributed by atoms with Crippen molar-refractivity contribution in [3.8, 4) is 0 Å². The van der Waals surface area contributed by atoms with Gasteiger partial charge in [-0.2, -0.15) is 11.8 Å². The number of hydrogen-bond acceptors (Lipinski definition) is 32. The first kappa shape index (κ1) is 72.8. The van der Waals surface area contributed by atoms with Gasteiger partial charge in [-0.25, -0.2) is 0 Å². The van der Waals surface area contributed by atoms with Gasteiger partial charge in [0.25, 0.3) is 0 Å². The monoisotopic (exact) mass is 1280 g/mol. The van der Waals surface area contributed by atoms with Crippen molar-refractivity contribution < 1.29 is 135 Å². The Morgan fingerprint density at radius 1 is 0.463 bits per heavy atom. The number of aliphatic hydroxyl groups is 18. The van der Waals surface area contributed by atoms with E-state index in [1.54, 1.807) is 6.92 Å². The summed E-state index contributed by atoms with van der Waals surface area (Å²) < 4.78 is 52.6. The van der Waals surface area contributed by atoms with Crippen LogP contribution in [-0.4, -0.2) is 350 Å². The standard InChI is InChI=1S/C48H88N2O27S5/c1-22-27(73-43(37(64)28(22)55)77-41-26(16-54)72-42(68)36(63)35(41)62)17-79-12-5-49-47(78)50-18-48(19-69-6-2-9-80-44-38(65)32(59)29(56)23(13-51)74-44,20-70-7-3-10-81-45-39(66)33(60)30(57)24(14-52)75-45)21-71-8-4-11-82-46-40(67)34(61)31(58)25(15-53)76-46/h22-46,51-68H,2-21H2,1H3,(H2,49,50,78)/t22-,23?,24?,25?,26?,27?,28+,29-,30-,31-,32+,33+,34+,35-,36?,37?,38?,39?,40?,41-,42+,43-,44-,45-,46-,48?/m1/s1. The largest absolute Gasteiger partial charge is 0.394 e. The van der Waals surface area contributed by atoms with Crippen LogP contribution in [0.4, 0.5) is 0 Å². The molecule has 0 aromatic heterocycles. The van der Waals surface area contributed by atoms with E-state index in [4.69, 9.17) is 54.8 Å². The molecule has 5 heterocycles. The third-order valence-electron chi connectivity index (χ3n) is 14.5. The van der Waals surface area contributed by atoms with Crippen molar-refractivity contribution in [3.63, 3.8) is 0 Å². The molecule has 5 aliphatic rings. The zero-order valence-electron chi connectivity index (χ0n) is 45.3. The SMILES string of the molecule is C[C@@H]1C(CSCCNC(=S)NCC(COCCCS[C@H]2OC(CO)[C@@H](O)[C@H](O)C2O)(COCCCS[C@H]2OC(CO)[C@@H](O)[C@H](O)C2O)COCCCS[C@H]2OC(CO)[C@@H](O)[C@H](O)C2O)O[C@H](O[C@@H]2C(CO)O[C@H](O)C(O)[C@H]2O)C(O)[C@H]1O. The smallest absolute Gasteiger partial charge is 0.186 e. The van der Waals surface area contributed by atoms with Crippen molar-refractivity contribution in [1.29, 1.82) is 0 Å². The van der Waals surface area contributed by atoms with E-state index in [0.29, 0.717) is 54.6 Å². The minimum atomic E-state index is -1.80. The molecular formula is C48H88N2O27S5. The number of thiocarbonyl (C=S) groups is 1. The van der Waals surface area contributed by atoms with Gasteiger partial charge in [-0.1, -0.05) is 6.92 Å². The second-order valence-corrected chi connectivity index (χ2v) is 26.0. The molecule has 34 heteroatoms. The Hall–Kier alpha value is 0.0100. The maximum Gasteiger partial charge on any atom is 0.186 e. The van der Waals surface area contributed by atoms with Gasteiger partial charge in [-0.15, -0.1) is 35.3 Å². The van der Waals surface area contributed by atoms with E-state index in [1.165, 1.54) is 47.0 Å². The minimum Gasteiger partial charge on any atom is -0.394 e. The molecule has 29 nitrogen and oxygen atoms in total. The molecule has 0 bridgehead atoms. The lowest BCUT2D eigenvalue weighted by atomic mass is 9.90. The fourth-order valence-electron chi connectivity index (χ4n) is 9.37. The third kappa shape index (κ3) is 20.5. The Balaban J connectivity index is 1.19. The van der Waals surface area contributed by atoms with Crippen LogP contribution >= 0.6 is 59.3 Å². The van der Waals surface area contributed by atoms with Gasteiger partial charge in [0.1, 0.15) is 120 Å². The molecule has 5 saturated heterocycles. The summed E-state index contributed by atoms with van der Waals surface area (Å²) in [6.07, 6.45) is -28.3. The molecule has 10 unspecified atom stereocenters. The van der Waals surface area contributed by atoms with Crippen LogP contribution in [0.1, 0.15) is 26.2 Å². The van der Waals surface area contributed by atoms with Crippen molar-refractivity contribution in [2.45, 2.75) is 171 Å². The first-order chi connectivity index (χ1) is 39.1. The van der Waals surface area contributed by atoms with Crippen molar-refractivity contribution in [1.82, 2.24) is 10.6 Å². The predicted molar refractivity (Wildman–Crippen MR) is 298 cm³/mol. The Morgan fingerprint density at radius 2 is 0.890 bits per heavy atom. The number of thioether (sulfide) groups is 4. The average Bonchev–Trinajstić information content (AvgIpc) is 3.47. The summed E-state index contributed by atoms with van der Waals surface area (Å²) in [6, 6.07) is 0. The average molecular weight is 1290 g/mol. The highest BCUT2D eigenvalue weighted by molar-refractivity contribution is 8.00. The van der Waals surface area contributed by atoms with E-state index < -0.39 is 183 Å². The molecule has 0 amide bonds. The zero-order chi connectivity index (χ0) is 60.3. The molecule has 0 spiro atoms. The fourth-order valence-corrected chi connectivity index (χ4v) is 13.9. The molecule has 0 radical (unpaired) electrons. The predicted octanol–water partition coefficient (Wildman–Crippen LogP) is -8.11. The molecule has 482 valence electrons. The van der Waals surface area contributed by atoms with Gasteiger partial charge >= 0.3 is 0 Å². The zero-order valence-corrected chi connectivity index (χ0v) is 49.4. The molecular weight excluding hydrogens is 1200 g/mol. The number of nitrogens with one attached hydrogen (secondary N) is 2. The van der Waals surface area contributed by atoms with Crippen LogP contribution in [-0.2, 0) is 42.6 Å². The van der Waals surface area contributed by atoms with Crippen molar-refractivity contribution >= 4 is 64.4 Å². The van der Waals surface area contributed by atoms with Gasteiger partial charge < -0.3 is 145 Å². The summed E-state index contributed by atoms with van der Waals surface area (Å²) in [5, 5.41) is 191. The number of ether oxygens (including phenoxy) is 9. The lowest BCUT2D eigenvalue weighted by Crippen LogP contribution is -2.63. The molecule has 5 fully saturated rings. The summed E-state index contributed by atoms with van der Waals surface area (Å²) in [6.45, 7) is 0.459. The summed E-state index contributed by atoms with van der Waals surface area (Å²) in [7, 11) is 0. The highest BCUT2D eigenvalue weighted by Gasteiger charge is 2.51. The Kier molecular flexibility index (Phi) is 32.5. The topological polar surface area (TPSA) is 471 Å². The molecule has 5 rings (SSSR count). The van der Waals surface area contributed by atoms with E-state index in [0.717, 1.165) is 0 Å². The first-order valence-corrected chi connectivity index (χ1v) is 31.9. The highest BCUT2D eigenvalue weighted by atomic mass is 32.2. The Labute approximate surface area is 497 Å². The van der Waals surface area contributed by atoms with Crippen LogP contribution in [0.3, 0.4) is 0 Å². The van der Waals surface area contributed by atoms with Crippen LogP contribution in [0.15, 0.2) is 0 Å². The van der Waals surface area contributed by atoms with Gasteiger partial charge in [0.15, 0.2) is 17.7 Å². The van der Waals surface area contributed by atoms with Crippen LogP contribution in [0.5, 0.6) is 0 Å². The van der Waals surface area contributed by atoms with Gasteiger partial charge in [-0.05, 0) is 48.7 Å². The number of rotatable bonds is 34. The fraction of sp³-hybridized carbons (Fsp3) is 0.979. The quantitative estimate of drug-likeness (QED) is 0.0210. The molecule has 0 aromatic rings. The lowest BCUT2D eigenvalue weighted by Gasteiger charge is -2.46. The van der Waals surface area contributed by atoms with Crippen LogP contribution in [0.25, 0.3) is 0 Å². The molecule has 5 aliphatic heterocycles. The normalized spacial score (nSPS) is 40.8. The maximum absolute atomic E-state index is 10.9. The summed E-state index contributed by atoms with van der Waals surface area (Å²) in [5.41, 5.74) is -3.75. The van der Waals surface area contributed by atoms with Crippen LogP contribution in [0.2, 0.25) is 0 Å². The molecule has 0 aromatic carbocycles. The molecule has 0 aliphatic carbocycles. The van der Waals surface area contributed by atoms with Crippen molar-refractivity contribution in [2.24, 2.45) is 11.3 Å². The Bertz CT molecular complexity index is 1670. The van der Waals surface area contributed by atoms with Gasteiger partial charge in [0, 0.05) is 50.3 Å². The van der Waals surface area contributed by atoms with Crippen LogP contribution < -0.4 is 10.6 Å². The molecule has 20 N–H and O–H groups in total. The lowest BCUT2D eigenvalue weighted by molar-refractivity contribution is -0.347. The number of aliphatic hydroxyl groups excluding tert-OH is 18. The summed E-state index contributed by atoms with van der Waals surface area (Å²) >= 11 is 10.7. The van der Waals surface area contributed by atoms with E-state index in [9.17, 15) is 91.9 Å². The minimum absolute atomic E-state index is 0.0448. The third-order valence-corrected chi connectivity index (χ3v) is 19.6. The van der Waals surface area contributed by atoms with Gasteiger partial charge in [-0.3, -0.25) is 0 Å². The summed E-state index contributed by atoms with van der Waals surface area (Å²) in [4.78, 5) is 0. The van der Waals surface area contributed by atoms with Crippen molar-refractivity contribution in [3.05, 3.63) is 0 Å². The number of hydrogen-bond donors (Lipinski definition) is 20. The maximum atomic E-state index is 10.9. The second-order valence-electron chi connectivity index (χ2n) is 20.8. The van der Waals surface area contributed by atoms with E-state index in [2.05, 4.69) is 10.6 Å². The Morgan fingerprint density at radius 3 is 1.30 bits per heavy atom. The van der Waals surface area contributed by atoms with Gasteiger partial charge in [0.05, 0.1) is 63.9 Å². The van der Waals surface area contributed by atoms with E-state index >= 15 is 0 Å². The van der Waals surface area contributed by atoms with E-state index in [1.807, 2.05) is 0 Å². The van der Waals surface area contributed by atoms with Gasteiger partial charge in [0.2, 0.25) is 0 Å². The second kappa shape index (κ2) is 36.6. The molecule has 0 saturated carbocycles. The molecule has 82 heavy (non-hydrogen) atoms. The van der Waals surface area contributed by atoms with E-state index in [-0.39, 0.29) is 51.3 Å². The van der Waals surface area contributed by atoms with Crippen LogP contribution in [0, 0.1) is 11.3 Å². The summed E-state index contributed by atoms with van der Waals surface area (Å²) in [5.74, 6) is 1.35. The first-order valence-electron chi connectivity index (χ1n) is 27.2. The van der Waals surface area contributed by atoms with Crippen molar-refractivity contribution in [2.75, 3.05) is 108 Å².